The van der Waals surface area contributed by atoms with E-state index in [2.05, 4.69) is 5.32 Å². The predicted octanol–water partition coefficient (Wildman–Crippen LogP) is 3.23. The molecular formula is C18H20N2O3. The Morgan fingerprint density at radius 1 is 1.09 bits per heavy atom. The molecule has 0 unspecified atom stereocenters. The van der Waals surface area contributed by atoms with Crippen molar-refractivity contribution in [3.05, 3.63) is 75.8 Å². The first-order valence-corrected chi connectivity index (χ1v) is 7.45. The second-order valence-electron chi connectivity index (χ2n) is 6.09. The fourth-order valence-corrected chi connectivity index (χ4v) is 2.38. The quantitative estimate of drug-likeness (QED) is 0.657. The van der Waals surface area contributed by atoms with Gasteiger partial charge in [0.05, 0.1) is 11.3 Å². The lowest BCUT2D eigenvalue weighted by atomic mass is 9.84. The second kappa shape index (κ2) is 7.05. The lowest BCUT2D eigenvalue weighted by molar-refractivity contribution is -0.385. The van der Waals surface area contributed by atoms with Crippen LogP contribution in [0.2, 0.25) is 0 Å². The molecule has 5 nitrogen and oxygen atoms in total. The number of carbonyl (C=O) groups is 1. The van der Waals surface area contributed by atoms with Crippen molar-refractivity contribution in [2.45, 2.75) is 25.7 Å². The molecule has 2 aromatic carbocycles. The largest absolute Gasteiger partial charge is 0.355 e. The zero-order valence-electron chi connectivity index (χ0n) is 13.3. The van der Waals surface area contributed by atoms with Gasteiger partial charge in [-0.3, -0.25) is 14.9 Å². The van der Waals surface area contributed by atoms with Crippen LogP contribution in [0.5, 0.6) is 0 Å². The summed E-state index contributed by atoms with van der Waals surface area (Å²) in [5, 5.41) is 13.9. The van der Waals surface area contributed by atoms with Gasteiger partial charge in [0.2, 0.25) is 5.91 Å². The van der Waals surface area contributed by atoms with Crippen LogP contribution in [0, 0.1) is 10.1 Å². The Morgan fingerprint density at radius 3 is 2.35 bits per heavy atom. The fraction of sp³-hybridized carbons (Fsp3) is 0.278. The first-order valence-electron chi connectivity index (χ1n) is 7.45. The lowest BCUT2D eigenvalue weighted by Crippen LogP contribution is -2.37. The van der Waals surface area contributed by atoms with Crippen LogP contribution in [0.4, 0.5) is 5.69 Å². The van der Waals surface area contributed by atoms with Gasteiger partial charge in [0.15, 0.2) is 0 Å². The van der Waals surface area contributed by atoms with Crippen LogP contribution < -0.4 is 5.32 Å². The molecule has 2 aromatic rings. The van der Waals surface area contributed by atoms with Crippen molar-refractivity contribution in [1.82, 2.24) is 5.32 Å². The third kappa shape index (κ3) is 4.39. The minimum Gasteiger partial charge on any atom is -0.355 e. The van der Waals surface area contributed by atoms with Crippen molar-refractivity contribution in [1.29, 1.82) is 0 Å². The number of rotatable bonds is 6. The highest BCUT2D eigenvalue weighted by atomic mass is 16.6. The summed E-state index contributed by atoms with van der Waals surface area (Å²) in [4.78, 5) is 22.6. The van der Waals surface area contributed by atoms with Gasteiger partial charge in [-0.05, 0) is 5.56 Å². The van der Waals surface area contributed by atoms with Crippen molar-refractivity contribution in [2.75, 3.05) is 6.54 Å². The van der Waals surface area contributed by atoms with Gasteiger partial charge < -0.3 is 5.32 Å². The maximum absolute atomic E-state index is 12.1. The third-order valence-corrected chi connectivity index (χ3v) is 3.82. The standard InChI is InChI=1S/C18H20N2O3/c1-18(2,15-9-4-3-5-10-15)13-19-17(21)12-14-8-6-7-11-16(14)20(22)23/h3-11H,12-13H2,1-2H3,(H,19,21). The van der Waals surface area contributed by atoms with Crippen LogP contribution in [0.15, 0.2) is 54.6 Å². The highest BCUT2D eigenvalue weighted by Crippen LogP contribution is 2.22. The van der Waals surface area contributed by atoms with Gasteiger partial charge in [-0.15, -0.1) is 0 Å². The molecule has 0 aliphatic rings. The smallest absolute Gasteiger partial charge is 0.273 e. The minimum atomic E-state index is -0.462. The molecule has 0 atom stereocenters. The average molecular weight is 312 g/mol. The maximum atomic E-state index is 12.1. The number of hydrogen-bond donors (Lipinski definition) is 1. The van der Waals surface area contributed by atoms with Crippen molar-refractivity contribution in [3.63, 3.8) is 0 Å². The van der Waals surface area contributed by atoms with Gasteiger partial charge in [0, 0.05) is 23.6 Å². The zero-order chi connectivity index (χ0) is 16.9. The molecule has 0 aliphatic carbocycles. The fourth-order valence-electron chi connectivity index (χ4n) is 2.38. The molecule has 2 rings (SSSR count). The van der Waals surface area contributed by atoms with Gasteiger partial charge in [0.1, 0.15) is 0 Å². The van der Waals surface area contributed by atoms with Crippen LogP contribution in [-0.4, -0.2) is 17.4 Å². The van der Waals surface area contributed by atoms with Crippen LogP contribution in [0.3, 0.4) is 0 Å². The van der Waals surface area contributed by atoms with E-state index in [0.29, 0.717) is 12.1 Å². The number of nitro groups is 1. The topological polar surface area (TPSA) is 72.2 Å². The molecule has 23 heavy (non-hydrogen) atoms. The first-order chi connectivity index (χ1) is 10.9. The lowest BCUT2D eigenvalue weighted by Gasteiger charge is -2.25. The number of benzene rings is 2. The summed E-state index contributed by atoms with van der Waals surface area (Å²) in [6.07, 6.45) is 0.00201. The van der Waals surface area contributed by atoms with Crippen LogP contribution >= 0.6 is 0 Å². The van der Waals surface area contributed by atoms with Gasteiger partial charge in [-0.2, -0.15) is 0 Å². The number of nitro benzene ring substituents is 1. The average Bonchev–Trinajstić information content (AvgIpc) is 2.54. The summed E-state index contributed by atoms with van der Waals surface area (Å²) in [5.41, 5.74) is 1.32. The monoisotopic (exact) mass is 312 g/mol. The summed E-state index contributed by atoms with van der Waals surface area (Å²) in [6, 6.07) is 16.2. The summed E-state index contributed by atoms with van der Waals surface area (Å²) in [6.45, 7) is 4.57. The van der Waals surface area contributed by atoms with E-state index in [1.54, 1.807) is 18.2 Å². The highest BCUT2D eigenvalue weighted by Gasteiger charge is 2.22. The molecule has 0 bridgehead atoms. The molecule has 0 spiro atoms. The number of nitrogens with zero attached hydrogens (tertiary/aromatic N) is 1. The molecular weight excluding hydrogens is 292 g/mol. The molecule has 1 N–H and O–H groups in total. The molecule has 0 aromatic heterocycles. The van der Waals surface area contributed by atoms with E-state index in [0.717, 1.165) is 5.56 Å². The van der Waals surface area contributed by atoms with E-state index in [-0.39, 0.29) is 23.4 Å². The van der Waals surface area contributed by atoms with E-state index in [1.807, 2.05) is 44.2 Å². The maximum Gasteiger partial charge on any atom is 0.273 e. The minimum absolute atomic E-state index is 0.00201. The van der Waals surface area contributed by atoms with Crippen LogP contribution in [-0.2, 0) is 16.6 Å². The summed E-state index contributed by atoms with van der Waals surface area (Å²) in [7, 11) is 0. The Balaban J connectivity index is 2.00. The summed E-state index contributed by atoms with van der Waals surface area (Å²) in [5.74, 6) is -0.219. The van der Waals surface area contributed by atoms with Gasteiger partial charge in [-0.1, -0.05) is 62.4 Å². The van der Waals surface area contributed by atoms with E-state index >= 15 is 0 Å². The number of nitrogens with one attached hydrogen (secondary N) is 1. The van der Waals surface area contributed by atoms with E-state index in [4.69, 9.17) is 0 Å². The molecule has 1 amide bonds. The van der Waals surface area contributed by atoms with Crippen molar-refractivity contribution in [3.8, 4) is 0 Å². The predicted molar refractivity (Wildman–Crippen MR) is 89.3 cm³/mol. The Morgan fingerprint density at radius 2 is 1.70 bits per heavy atom. The molecule has 0 radical (unpaired) electrons. The van der Waals surface area contributed by atoms with Crippen molar-refractivity contribution in [2.24, 2.45) is 0 Å². The van der Waals surface area contributed by atoms with Gasteiger partial charge in [0.25, 0.3) is 5.69 Å². The summed E-state index contributed by atoms with van der Waals surface area (Å²) < 4.78 is 0. The molecule has 0 saturated carbocycles. The third-order valence-electron chi connectivity index (χ3n) is 3.82. The van der Waals surface area contributed by atoms with Crippen LogP contribution in [0.1, 0.15) is 25.0 Å². The van der Waals surface area contributed by atoms with E-state index in [1.165, 1.54) is 6.07 Å². The van der Waals surface area contributed by atoms with Gasteiger partial charge >= 0.3 is 0 Å². The van der Waals surface area contributed by atoms with Crippen molar-refractivity contribution < 1.29 is 9.72 Å². The Labute approximate surface area is 135 Å². The number of hydrogen-bond acceptors (Lipinski definition) is 3. The molecule has 0 heterocycles. The van der Waals surface area contributed by atoms with E-state index in [9.17, 15) is 14.9 Å². The Bertz CT molecular complexity index is 696. The Hall–Kier alpha value is -2.69. The number of carbonyl (C=O) groups excluding carboxylic acids is 1. The van der Waals surface area contributed by atoms with Gasteiger partial charge in [-0.25, -0.2) is 0 Å². The van der Waals surface area contributed by atoms with Crippen LogP contribution in [0.25, 0.3) is 0 Å². The molecule has 0 aliphatic heterocycles. The Kier molecular flexibility index (Phi) is 5.11. The van der Waals surface area contributed by atoms with Crippen molar-refractivity contribution >= 4 is 11.6 Å². The normalized spacial score (nSPS) is 11.0. The highest BCUT2D eigenvalue weighted by molar-refractivity contribution is 5.79. The molecule has 5 heteroatoms. The number of amides is 1. The second-order valence-corrected chi connectivity index (χ2v) is 6.09. The first kappa shape index (κ1) is 16.7. The zero-order valence-corrected chi connectivity index (χ0v) is 13.3. The SMILES string of the molecule is CC(C)(CNC(=O)Cc1ccccc1[N+](=O)[O-])c1ccccc1. The number of para-hydroxylation sites is 1. The molecule has 120 valence electrons. The molecule has 0 fully saturated rings. The van der Waals surface area contributed by atoms with E-state index < -0.39 is 4.92 Å². The molecule has 0 saturated heterocycles. The summed E-state index contributed by atoms with van der Waals surface area (Å²) >= 11 is 0.